The van der Waals surface area contributed by atoms with Gasteiger partial charge in [0.1, 0.15) is 0 Å². The molecule has 0 saturated heterocycles. The minimum Gasteiger partial charge on any atom is -0.481 e. The van der Waals surface area contributed by atoms with E-state index in [1.165, 1.54) is 0 Å². The van der Waals surface area contributed by atoms with Crippen LogP contribution in [0.3, 0.4) is 0 Å². The Hall–Kier alpha value is -1.06. The second-order valence-corrected chi connectivity index (χ2v) is 7.57. The van der Waals surface area contributed by atoms with Crippen molar-refractivity contribution in [2.24, 2.45) is 23.2 Å². The summed E-state index contributed by atoms with van der Waals surface area (Å²) in [4.78, 5) is 21.7. The summed E-state index contributed by atoms with van der Waals surface area (Å²) < 4.78 is 0. The molecule has 3 unspecified atom stereocenters. The molecule has 0 heterocycles. The summed E-state index contributed by atoms with van der Waals surface area (Å²) in [5.74, 6) is -1.08. The molecule has 4 heteroatoms. The Morgan fingerprint density at radius 2 is 1.68 bits per heavy atom. The van der Waals surface area contributed by atoms with E-state index in [0.717, 1.165) is 38.5 Å². The zero-order valence-corrected chi connectivity index (χ0v) is 14.9. The number of hydrogen-bond donors (Lipinski definition) is 2. The Kier molecular flexibility index (Phi) is 9.38. The average Bonchev–Trinajstić information content (AvgIpc) is 2.40. The van der Waals surface area contributed by atoms with Crippen LogP contribution in [0.2, 0.25) is 0 Å². The minimum absolute atomic E-state index is 0.133. The standard InChI is InChI=1S/C18H34O4/c1-6-15(9-10-16(19)20)8-7-11-18(4,5)12-13(2)14(3)17(21)22/h13-15H,6-12H2,1-5H3,(H,19,20)(H,21,22). The van der Waals surface area contributed by atoms with Gasteiger partial charge in [-0.2, -0.15) is 0 Å². The van der Waals surface area contributed by atoms with Crippen molar-refractivity contribution < 1.29 is 19.8 Å². The maximum Gasteiger partial charge on any atom is 0.306 e. The van der Waals surface area contributed by atoms with E-state index in [2.05, 4.69) is 20.8 Å². The van der Waals surface area contributed by atoms with Crippen LogP contribution in [0.1, 0.15) is 79.6 Å². The molecule has 0 saturated carbocycles. The molecule has 2 N–H and O–H groups in total. The summed E-state index contributed by atoms with van der Waals surface area (Å²) in [6.07, 6.45) is 6.17. The van der Waals surface area contributed by atoms with E-state index in [1.807, 2.05) is 6.92 Å². The number of rotatable bonds is 12. The third-order valence-electron chi connectivity index (χ3n) is 4.93. The lowest BCUT2D eigenvalue weighted by Crippen LogP contribution is -2.24. The van der Waals surface area contributed by atoms with Crippen molar-refractivity contribution in [3.8, 4) is 0 Å². The van der Waals surface area contributed by atoms with Crippen molar-refractivity contribution in [3.63, 3.8) is 0 Å². The molecule has 0 aromatic carbocycles. The van der Waals surface area contributed by atoms with Gasteiger partial charge < -0.3 is 10.2 Å². The Bertz CT molecular complexity index is 349. The molecule has 0 rings (SSSR count). The third kappa shape index (κ3) is 9.06. The molecule has 130 valence electrons. The van der Waals surface area contributed by atoms with Gasteiger partial charge in [-0.3, -0.25) is 9.59 Å². The fraction of sp³-hybridized carbons (Fsp3) is 0.889. The smallest absolute Gasteiger partial charge is 0.306 e. The van der Waals surface area contributed by atoms with Gasteiger partial charge in [0.15, 0.2) is 0 Å². The van der Waals surface area contributed by atoms with Crippen molar-refractivity contribution >= 4 is 11.9 Å². The predicted octanol–water partition coefficient (Wildman–Crippen LogP) is 4.82. The van der Waals surface area contributed by atoms with Crippen LogP contribution in [-0.2, 0) is 9.59 Å². The quantitative estimate of drug-likeness (QED) is 0.541. The Morgan fingerprint density at radius 3 is 2.14 bits per heavy atom. The summed E-state index contributed by atoms with van der Waals surface area (Å²) in [7, 11) is 0. The molecule has 0 fully saturated rings. The van der Waals surface area contributed by atoms with Crippen LogP contribution in [0.25, 0.3) is 0 Å². The molecule has 0 aromatic rings. The van der Waals surface area contributed by atoms with Crippen molar-refractivity contribution in [2.45, 2.75) is 79.6 Å². The van der Waals surface area contributed by atoms with Crippen LogP contribution >= 0.6 is 0 Å². The molecule has 0 aliphatic heterocycles. The predicted molar refractivity (Wildman–Crippen MR) is 88.9 cm³/mol. The van der Waals surface area contributed by atoms with Crippen LogP contribution in [0.4, 0.5) is 0 Å². The monoisotopic (exact) mass is 314 g/mol. The molecule has 0 aliphatic carbocycles. The van der Waals surface area contributed by atoms with E-state index in [1.54, 1.807) is 6.92 Å². The highest BCUT2D eigenvalue weighted by Gasteiger charge is 2.27. The molecule has 0 amide bonds. The van der Waals surface area contributed by atoms with Crippen LogP contribution in [-0.4, -0.2) is 22.2 Å². The fourth-order valence-electron chi connectivity index (χ4n) is 3.14. The summed E-state index contributed by atoms with van der Waals surface area (Å²) in [5, 5.41) is 17.8. The van der Waals surface area contributed by atoms with E-state index in [4.69, 9.17) is 10.2 Å². The molecule has 0 radical (unpaired) electrons. The number of carbonyl (C=O) groups is 2. The lowest BCUT2D eigenvalue weighted by atomic mass is 9.75. The highest BCUT2D eigenvalue weighted by molar-refractivity contribution is 5.69. The van der Waals surface area contributed by atoms with Crippen LogP contribution in [0.5, 0.6) is 0 Å². The largest absolute Gasteiger partial charge is 0.481 e. The molecule has 0 bridgehead atoms. The van der Waals surface area contributed by atoms with Gasteiger partial charge in [-0.25, -0.2) is 0 Å². The first-order chi connectivity index (χ1) is 10.1. The van der Waals surface area contributed by atoms with Crippen LogP contribution < -0.4 is 0 Å². The van der Waals surface area contributed by atoms with E-state index in [9.17, 15) is 9.59 Å². The molecular weight excluding hydrogens is 280 g/mol. The summed E-state index contributed by atoms with van der Waals surface area (Å²) in [6, 6.07) is 0. The Labute approximate surface area is 135 Å². The Morgan fingerprint density at radius 1 is 1.09 bits per heavy atom. The summed E-state index contributed by atoms with van der Waals surface area (Å²) in [5.41, 5.74) is 0.133. The van der Waals surface area contributed by atoms with E-state index < -0.39 is 11.9 Å². The maximum absolute atomic E-state index is 11.0. The number of carboxylic acids is 2. The van der Waals surface area contributed by atoms with Gasteiger partial charge in [0, 0.05) is 6.42 Å². The molecule has 3 atom stereocenters. The maximum atomic E-state index is 11.0. The average molecular weight is 314 g/mol. The SMILES string of the molecule is CCC(CCCC(C)(C)CC(C)C(C)C(=O)O)CCC(=O)O. The van der Waals surface area contributed by atoms with Crippen LogP contribution in [0.15, 0.2) is 0 Å². The van der Waals surface area contributed by atoms with Gasteiger partial charge in [0.05, 0.1) is 5.92 Å². The van der Waals surface area contributed by atoms with Gasteiger partial charge in [0.2, 0.25) is 0 Å². The van der Waals surface area contributed by atoms with Crippen molar-refractivity contribution in [2.75, 3.05) is 0 Å². The van der Waals surface area contributed by atoms with Gasteiger partial charge in [-0.05, 0) is 36.5 Å². The molecule has 0 aromatic heterocycles. The second kappa shape index (κ2) is 9.86. The Balaban J connectivity index is 4.19. The van der Waals surface area contributed by atoms with Crippen molar-refractivity contribution in [3.05, 3.63) is 0 Å². The van der Waals surface area contributed by atoms with Gasteiger partial charge in [-0.15, -0.1) is 0 Å². The molecule has 4 nitrogen and oxygen atoms in total. The molecule has 0 aliphatic rings. The highest BCUT2D eigenvalue weighted by atomic mass is 16.4. The van der Waals surface area contributed by atoms with E-state index in [-0.39, 0.29) is 23.7 Å². The number of aliphatic carboxylic acids is 2. The third-order valence-corrected chi connectivity index (χ3v) is 4.93. The summed E-state index contributed by atoms with van der Waals surface area (Å²) in [6.45, 7) is 10.3. The van der Waals surface area contributed by atoms with E-state index in [0.29, 0.717) is 5.92 Å². The van der Waals surface area contributed by atoms with Gasteiger partial charge >= 0.3 is 11.9 Å². The summed E-state index contributed by atoms with van der Waals surface area (Å²) >= 11 is 0. The molecule has 22 heavy (non-hydrogen) atoms. The van der Waals surface area contributed by atoms with Gasteiger partial charge in [-0.1, -0.05) is 53.9 Å². The minimum atomic E-state index is -0.719. The first kappa shape index (κ1) is 20.9. The number of carboxylic acid groups (broad SMARTS) is 2. The topological polar surface area (TPSA) is 74.6 Å². The lowest BCUT2D eigenvalue weighted by Gasteiger charge is -2.30. The zero-order chi connectivity index (χ0) is 17.3. The second-order valence-electron chi connectivity index (χ2n) is 7.57. The zero-order valence-electron chi connectivity index (χ0n) is 14.9. The van der Waals surface area contributed by atoms with Crippen molar-refractivity contribution in [1.29, 1.82) is 0 Å². The number of hydrogen-bond acceptors (Lipinski definition) is 2. The highest BCUT2D eigenvalue weighted by Crippen LogP contribution is 2.35. The van der Waals surface area contributed by atoms with Crippen molar-refractivity contribution in [1.82, 2.24) is 0 Å². The first-order valence-corrected chi connectivity index (χ1v) is 8.53. The van der Waals surface area contributed by atoms with Gasteiger partial charge in [0.25, 0.3) is 0 Å². The lowest BCUT2D eigenvalue weighted by molar-refractivity contribution is -0.143. The molecular formula is C18H34O4. The fourth-order valence-corrected chi connectivity index (χ4v) is 3.14. The molecule has 0 spiro atoms. The van der Waals surface area contributed by atoms with Crippen LogP contribution in [0, 0.1) is 23.2 Å². The van der Waals surface area contributed by atoms with E-state index >= 15 is 0 Å². The first-order valence-electron chi connectivity index (χ1n) is 8.53. The normalized spacial score (nSPS) is 16.0.